The number of rotatable bonds is 2. The van der Waals surface area contributed by atoms with Crippen LogP contribution in [0.5, 0.6) is 0 Å². The molecule has 17 heavy (non-hydrogen) atoms. The Morgan fingerprint density at radius 1 is 0.941 bits per heavy atom. The predicted octanol–water partition coefficient (Wildman–Crippen LogP) is 5.76. The van der Waals surface area contributed by atoms with Crippen molar-refractivity contribution in [2.24, 2.45) is 0 Å². The van der Waals surface area contributed by atoms with Crippen LogP contribution in [-0.4, -0.2) is 22.4 Å². The fourth-order valence-electron chi connectivity index (χ4n) is 0.274. The molecule has 4 nitrogen and oxygen atoms in total. The molecule has 0 spiro atoms. The monoisotopic (exact) mass is 408 g/mol. The Labute approximate surface area is 129 Å². The average molecular weight is 411 g/mol. The summed E-state index contributed by atoms with van der Waals surface area (Å²) in [5.41, 5.74) is -0.700. The highest BCUT2D eigenvalue weighted by Gasteiger charge is 2.09. The minimum atomic E-state index is -3.22. The number of aliphatic hydroxyl groups is 2. The molecule has 0 aromatic carbocycles. The van der Waals surface area contributed by atoms with Gasteiger partial charge < -0.3 is 10.2 Å². The topological polar surface area (TPSA) is 74.6 Å². The van der Waals surface area contributed by atoms with Gasteiger partial charge in [0.25, 0.3) is 0 Å². The highest BCUT2D eigenvalue weighted by atomic mass is 36.1. The Morgan fingerprint density at radius 2 is 1.12 bits per heavy atom. The summed E-state index contributed by atoms with van der Waals surface area (Å²) in [7, 11) is 0. The molecule has 0 radical (unpaired) electrons. The maximum atomic E-state index is 9.51. The third-order valence-electron chi connectivity index (χ3n) is 0.724. The second kappa shape index (κ2) is 10.9. The van der Waals surface area contributed by atoms with Crippen molar-refractivity contribution in [3.8, 4) is 0 Å². The van der Waals surface area contributed by atoms with Crippen LogP contribution in [0.15, 0.2) is 0 Å². The van der Waals surface area contributed by atoms with Crippen LogP contribution in [0.4, 0.5) is 0 Å². The molecule has 0 rings (SSSR count). The van der Waals surface area contributed by atoms with Gasteiger partial charge in [-0.1, -0.05) is 0 Å². The first kappa shape index (κ1) is 24.2. The van der Waals surface area contributed by atoms with E-state index in [2.05, 4.69) is 67.4 Å². The predicted molar refractivity (Wildman–Crippen MR) is 78.3 cm³/mol. The Morgan fingerprint density at radius 3 is 1.12 bits per heavy atom. The second-order valence-corrected chi connectivity index (χ2v) is 16.4. The van der Waals surface area contributed by atoms with Gasteiger partial charge in [0.1, 0.15) is 0 Å². The van der Waals surface area contributed by atoms with Crippen molar-refractivity contribution in [2.45, 2.75) is 25.9 Å². The standard InChI is InChI=1S/C5H12O2.2Cl3OP/c1-5(2,7)3-4-6;2*1-5(2,3)4/h6-7H,3-4H2,1-2H3;;. The molecule has 0 bridgehead atoms. The molecule has 12 heteroatoms. The lowest BCUT2D eigenvalue weighted by molar-refractivity contribution is 0.0515. The van der Waals surface area contributed by atoms with Gasteiger partial charge >= 0.3 is 10.4 Å². The van der Waals surface area contributed by atoms with Gasteiger partial charge in [-0.2, -0.15) is 0 Å². The SMILES string of the molecule is CC(C)(O)CCO.O=P(Cl)(Cl)Cl.O=P(Cl)(Cl)Cl. The summed E-state index contributed by atoms with van der Waals surface area (Å²) in [6.07, 6.45) is 0.451. The lowest BCUT2D eigenvalue weighted by atomic mass is 10.1. The largest absolute Gasteiger partial charge is 0.396 e. The third-order valence-corrected chi connectivity index (χ3v) is 0.724. The molecule has 108 valence electrons. The first-order chi connectivity index (χ1) is 7.06. The highest BCUT2D eigenvalue weighted by Crippen LogP contribution is 2.61. The zero-order valence-electron chi connectivity index (χ0n) is 8.79. The van der Waals surface area contributed by atoms with Gasteiger partial charge in [0.05, 0.1) is 5.60 Å². The van der Waals surface area contributed by atoms with E-state index in [-0.39, 0.29) is 6.61 Å². The lowest BCUT2D eigenvalue weighted by Gasteiger charge is -2.13. The summed E-state index contributed by atoms with van der Waals surface area (Å²) in [5.74, 6) is 0. The van der Waals surface area contributed by atoms with Gasteiger partial charge in [0.15, 0.2) is 0 Å². The van der Waals surface area contributed by atoms with E-state index in [1.165, 1.54) is 0 Å². The van der Waals surface area contributed by atoms with Crippen LogP contribution in [0.1, 0.15) is 20.3 Å². The normalized spacial score (nSPS) is 11.9. The molecule has 0 unspecified atom stereocenters. The van der Waals surface area contributed by atoms with Crippen molar-refractivity contribution in [1.29, 1.82) is 0 Å². The minimum absolute atomic E-state index is 0.0590. The van der Waals surface area contributed by atoms with E-state index >= 15 is 0 Å². The molecule has 0 atom stereocenters. The lowest BCUT2D eigenvalue weighted by Crippen LogP contribution is -2.19. The Kier molecular flexibility index (Phi) is 15.4. The van der Waals surface area contributed by atoms with Crippen LogP contribution in [0.25, 0.3) is 0 Å². The second-order valence-electron chi connectivity index (χ2n) is 3.08. The maximum Gasteiger partial charge on any atom is 0.339 e. The van der Waals surface area contributed by atoms with Crippen LogP contribution in [0.2, 0.25) is 0 Å². The van der Waals surface area contributed by atoms with E-state index in [0.29, 0.717) is 6.42 Å². The average Bonchev–Trinajstić information content (AvgIpc) is 1.73. The number of hydrogen-bond donors (Lipinski definition) is 2. The zero-order valence-corrected chi connectivity index (χ0v) is 15.1. The van der Waals surface area contributed by atoms with Crippen molar-refractivity contribution >= 4 is 77.8 Å². The number of halogens is 6. The van der Waals surface area contributed by atoms with E-state index in [1.54, 1.807) is 13.8 Å². The van der Waals surface area contributed by atoms with E-state index in [9.17, 15) is 9.13 Å². The van der Waals surface area contributed by atoms with Gasteiger partial charge in [0, 0.05) is 6.61 Å². The Hall–Kier alpha value is 2.12. The zero-order chi connectivity index (χ0) is 14.9. The molecule has 0 aliphatic heterocycles. The van der Waals surface area contributed by atoms with Gasteiger partial charge in [-0.15, -0.1) is 0 Å². The molecule has 0 aliphatic rings. The van der Waals surface area contributed by atoms with Gasteiger partial charge in [-0.25, -0.2) is 0 Å². The molecule has 0 saturated heterocycles. The molecule has 0 aromatic rings. The quantitative estimate of drug-likeness (QED) is 0.567. The fourth-order valence-corrected chi connectivity index (χ4v) is 0.274. The van der Waals surface area contributed by atoms with Crippen LogP contribution in [0, 0.1) is 0 Å². The van der Waals surface area contributed by atoms with Crippen LogP contribution < -0.4 is 0 Å². The summed E-state index contributed by atoms with van der Waals surface area (Å²) in [6.45, 7) is 3.40. The molecular formula is C5H12Cl6O4P2. The number of aliphatic hydroxyl groups excluding tert-OH is 1. The van der Waals surface area contributed by atoms with Crippen molar-refractivity contribution < 1.29 is 19.3 Å². The van der Waals surface area contributed by atoms with E-state index < -0.39 is 16.0 Å². The molecular weight excluding hydrogens is 399 g/mol. The maximum absolute atomic E-state index is 9.51. The minimum Gasteiger partial charge on any atom is -0.396 e. The Bertz CT molecular complexity index is 232. The molecule has 0 heterocycles. The molecule has 0 amide bonds. The first-order valence-electron chi connectivity index (χ1n) is 3.77. The van der Waals surface area contributed by atoms with Crippen LogP contribution >= 0.6 is 77.8 Å². The molecule has 2 N–H and O–H groups in total. The summed E-state index contributed by atoms with van der Waals surface area (Å²) < 4.78 is 19.0. The summed E-state index contributed by atoms with van der Waals surface area (Å²) >= 11 is 27.7. The third kappa shape index (κ3) is 126. The summed E-state index contributed by atoms with van der Waals surface area (Å²) in [6, 6.07) is 0. The molecule has 0 saturated carbocycles. The molecule has 0 aromatic heterocycles. The van der Waals surface area contributed by atoms with Gasteiger partial charge in [-0.05, 0) is 87.7 Å². The number of hydrogen-bond acceptors (Lipinski definition) is 4. The first-order valence-corrected chi connectivity index (χ1v) is 12.6. The van der Waals surface area contributed by atoms with E-state index in [4.69, 9.17) is 10.2 Å². The van der Waals surface area contributed by atoms with E-state index in [0.717, 1.165) is 0 Å². The van der Waals surface area contributed by atoms with Gasteiger partial charge in [0.2, 0.25) is 0 Å². The van der Waals surface area contributed by atoms with Crippen molar-refractivity contribution in [1.82, 2.24) is 0 Å². The Balaban J connectivity index is -0.000000177. The smallest absolute Gasteiger partial charge is 0.339 e. The summed E-state index contributed by atoms with van der Waals surface area (Å²) in [5, 5.41) is 10.7. The molecule has 0 fully saturated rings. The van der Waals surface area contributed by atoms with Crippen molar-refractivity contribution in [3.05, 3.63) is 0 Å². The fraction of sp³-hybridized carbons (Fsp3) is 1.00. The van der Waals surface area contributed by atoms with Crippen LogP contribution in [-0.2, 0) is 9.13 Å². The van der Waals surface area contributed by atoms with Crippen molar-refractivity contribution in [3.63, 3.8) is 0 Å². The van der Waals surface area contributed by atoms with Crippen LogP contribution in [0.3, 0.4) is 0 Å². The van der Waals surface area contributed by atoms with E-state index in [1.807, 2.05) is 0 Å². The van der Waals surface area contributed by atoms with Gasteiger partial charge in [-0.3, -0.25) is 9.13 Å². The molecule has 0 aliphatic carbocycles. The highest BCUT2D eigenvalue weighted by molar-refractivity contribution is 8.25. The van der Waals surface area contributed by atoms with Crippen molar-refractivity contribution in [2.75, 3.05) is 6.61 Å². The summed E-state index contributed by atoms with van der Waals surface area (Å²) in [4.78, 5) is 0.